The Balaban J connectivity index is 3.16. The van der Waals surface area contributed by atoms with E-state index in [2.05, 4.69) is 6.58 Å². The van der Waals surface area contributed by atoms with E-state index in [0.29, 0.717) is 11.2 Å². The van der Waals surface area contributed by atoms with E-state index in [1.54, 1.807) is 12.1 Å². The molecule has 1 rings (SSSR count). The van der Waals surface area contributed by atoms with Gasteiger partial charge in [0.25, 0.3) is 0 Å². The van der Waals surface area contributed by atoms with Gasteiger partial charge in [0.15, 0.2) is 0 Å². The van der Waals surface area contributed by atoms with Crippen molar-refractivity contribution in [2.45, 2.75) is 25.1 Å². The topological polar surface area (TPSA) is 34.1 Å². The smallest absolute Gasteiger partial charge is 0.236 e. The first-order valence-electron chi connectivity index (χ1n) is 4.95. The van der Waals surface area contributed by atoms with Crippen molar-refractivity contribution in [3.05, 3.63) is 42.4 Å². The maximum atomic E-state index is 12.0. The fraction of sp³-hybridized carbons (Fsp3) is 0.273. The van der Waals surface area contributed by atoms with Gasteiger partial charge in [-0.25, -0.2) is 8.42 Å². The van der Waals surface area contributed by atoms with Gasteiger partial charge in [-0.2, -0.15) is 0 Å². The lowest BCUT2D eigenvalue weighted by Gasteiger charge is -2.08. The fourth-order valence-electron chi connectivity index (χ4n) is 1.42. The quantitative estimate of drug-likeness (QED) is 0.733. The molecule has 0 aliphatic heterocycles. The van der Waals surface area contributed by atoms with Gasteiger partial charge in [0, 0.05) is 0 Å². The van der Waals surface area contributed by atoms with E-state index in [1.807, 2.05) is 26.0 Å². The number of rotatable bonds is 4. The summed E-state index contributed by atoms with van der Waals surface area (Å²) in [6.07, 6.45) is 0.555. The third-order valence-electron chi connectivity index (χ3n) is 2.41. The van der Waals surface area contributed by atoms with Crippen LogP contribution in [-0.2, 0) is 9.69 Å². The van der Waals surface area contributed by atoms with Gasteiger partial charge in [0.2, 0.25) is 0 Å². The van der Waals surface area contributed by atoms with E-state index in [4.69, 9.17) is 0 Å². The molecule has 0 aliphatic carbocycles. The minimum Gasteiger partial charge on any atom is -0.236 e. The van der Waals surface area contributed by atoms with Crippen molar-refractivity contribution in [3.8, 4) is 0 Å². The van der Waals surface area contributed by atoms with E-state index in [-0.39, 0.29) is 0 Å². The summed E-state index contributed by atoms with van der Waals surface area (Å²) in [6, 6.07) is 6.92. The summed E-state index contributed by atoms with van der Waals surface area (Å²) < 4.78 is 24.1. The van der Waals surface area contributed by atoms with Crippen molar-refractivity contribution in [1.29, 1.82) is 0 Å². The Kier molecular flexibility index (Phi) is 3.74. The van der Waals surface area contributed by atoms with Crippen molar-refractivity contribution in [2.75, 3.05) is 0 Å². The molecule has 0 atom stereocenters. The van der Waals surface area contributed by atoms with Gasteiger partial charge in [-0.15, -0.1) is 12.6 Å². The van der Waals surface area contributed by atoms with Crippen LogP contribution in [0.25, 0.3) is 0 Å². The zero-order valence-corrected chi connectivity index (χ0v) is 9.92. The summed E-state index contributed by atoms with van der Waals surface area (Å²) in [5.74, 6) is 1.01. The van der Waals surface area contributed by atoms with E-state index >= 15 is 0 Å². The number of hydrogen-bond donors (Lipinski definition) is 0. The molecule has 0 aliphatic rings. The normalized spacial score (nSPS) is 11.1. The molecular formula is C11H15BO2S. The van der Waals surface area contributed by atoms with Gasteiger partial charge < -0.3 is 0 Å². The predicted octanol–water partition coefficient (Wildman–Crippen LogP) is 2.51. The summed E-state index contributed by atoms with van der Waals surface area (Å²) in [5.41, 5.74) is 1.06. The molecule has 0 saturated heterocycles. The van der Waals surface area contributed by atoms with Crippen LogP contribution in [0, 0.1) is 6.92 Å². The van der Waals surface area contributed by atoms with Crippen LogP contribution in [0.15, 0.2) is 41.7 Å². The highest BCUT2D eigenvalue weighted by molar-refractivity contribution is 8.19. The molecule has 0 bridgehead atoms. The molecular weight excluding hydrogens is 207 g/mol. The molecule has 0 amide bonds. The Bertz CT molecular complexity index is 434. The van der Waals surface area contributed by atoms with Crippen molar-refractivity contribution >= 4 is 15.7 Å². The minimum absolute atomic E-state index is 0.375. The molecule has 0 heterocycles. The van der Waals surface area contributed by atoms with Crippen LogP contribution in [0.1, 0.15) is 12.5 Å². The standard InChI is InChI=1S/C11H15BO2S/c1-4-12(5-2)15(13,14)11-8-6-10(3)7-9-11/h4,6-9H,1,5H2,2-3H3. The largest absolute Gasteiger partial charge is 0.321 e. The molecule has 0 fully saturated rings. The maximum Gasteiger partial charge on any atom is 0.321 e. The van der Waals surface area contributed by atoms with Gasteiger partial charge in [0.1, 0.15) is 9.69 Å². The molecule has 80 valence electrons. The molecule has 0 N–H and O–H groups in total. The first-order valence-corrected chi connectivity index (χ1v) is 6.50. The first kappa shape index (κ1) is 12.0. The summed E-state index contributed by atoms with van der Waals surface area (Å²) in [4.78, 5) is 0.375. The SMILES string of the molecule is C=CB(CC)S(=O)(=O)c1ccc(C)cc1. The van der Waals surface area contributed by atoms with Crippen molar-refractivity contribution in [2.24, 2.45) is 0 Å². The Hall–Kier alpha value is -1.03. The van der Waals surface area contributed by atoms with E-state index in [9.17, 15) is 8.42 Å². The second-order valence-electron chi connectivity index (χ2n) is 3.54. The lowest BCUT2D eigenvalue weighted by molar-refractivity contribution is 0.608. The van der Waals surface area contributed by atoms with Crippen LogP contribution >= 0.6 is 0 Å². The lowest BCUT2D eigenvalue weighted by atomic mass is 9.74. The summed E-state index contributed by atoms with van der Waals surface area (Å²) >= 11 is 0. The molecule has 15 heavy (non-hydrogen) atoms. The van der Waals surface area contributed by atoms with Gasteiger partial charge in [-0.3, -0.25) is 0 Å². The Morgan fingerprint density at radius 1 is 1.33 bits per heavy atom. The number of hydrogen-bond acceptors (Lipinski definition) is 2. The molecule has 1 aromatic carbocycles. The molecule has 2 nitrogen and oxygen atoms in total. The Labute approximate surface area is 91.9 Å². The van der Waals surface area contributed by atoms with E-state index < -0.39 is 15.7 Å². The molecule has 0 aromatic heterocycles. The molecule has 4 heteroatoms. The van der Waals surface area contributed by atoms with E-state index in [0.717, 1.165) is 5.56 Å². The molecule has 0 saturated carbocycles. The maximum absolute atomic E-state index is 12.0. The Morgan fingerprint density at radius 2 is 1.87 bits per heavy atom. The molecule has 0 spiro atoms. The monoisotopic (exact) mass is 222 g/mol. The zero-order valence-electron chi connectivity index (χ0n) is 9.10. The average molecular weight is 222 g/mol. The summed E-state index contributed by atoms with van der Waals surface area (Å²) in [7, 11) is -3.24. The van der Waals surface area contributed by atoms with Crippen LogP contribution < -0.4 is 0 Å². The van der Waals surface area contributed by atoms with Crippen LogP contribution in [0.2, 0.25) is 6.32 Å². The Morgan fingerprint density at radius 3 is 2.27 bits per heavy atom. The third kappa shape index (κ3) is 2.51. The van der Waals surface area contributed by atoms with E-state index in [1.165, 1.54) is 5.98 Å². The minimum atomic E-state index is -3.24. The highest BCUT2D eigenvalue weighted by Gasteiger charge is 2.27. The van der Waals surface area contributed by atoms with Gasteiger partial charge in [0.05, 0.1) is 4.90 Å². The van der Waals surface area contributed by atoms with Crippen LogP contribution in [-0.4, -0.2) is 14.4 Å². The fourth-order valence-corrected chi connectivity index (χ4v) is 2.97. The molecule has 1 aromatic rings. The highest BCUT2D eigenvalue weighted by atomic mass is 32.2. The van der Waals surface area contributed by atoms with Crippen molar-refractivity contribution in [3.63, 3.8) is 0 Å². The number of aryl methyl sites for hydroxylation is 1. The molecule has 0 radical (unpaired) electrons. The number of benzene rings is 1. The van der Waals surface area contributed by atoms with Gasteiger partial charge in [-0.1, -0.05) is 30.9 Å². The van der Waals surface area contributed by atoms with Crippen molar-refractivity contribution in [1.82, 2.24) is 0 Å². The molecule has 0 unspecified atom stereocenters. The van der Waals surface area contributed by atoms with Crippen LogP contribution in [0.4, 0.5) is 0 Å². The van der Waals surface area contributed by atoms with Crippen LogP contribution in [0.5, 0.6) is 0 Å². The first-order chi connectivity index (χ1) is 7.02. The van der Waals surface area contributed by atoms with Crippen LogP contribution in [0.3, 0.4) is 0 Å². The predicted molar refractivity (Wildman–Crippen MR) is 64.8 cm³/mol. The summed E-state index contributed by atoms with van der Waals surface area (Å²) in [5, 5.41) is 0. The third-order valence-corrected chi connectivity index (χ3v) is 4.67. The average Bonchev–Trinajstić information content (AvgIpc) is 2.19. The highest BCUT2D eigenvalue weighted by Crippen LogP contribution is 2.17. The lowest BCUT2D eigenvalue weighted by Crippen LogP contribution is -2.23. The second-order valence-corrected chi connectivity index (χ2v) is 5.71. The van der Waals surface area contributed by atoms with Gasteiger partial charge in [-0.05, 0) is 19.1 Å². The summed E-state index contributed by atoms with van der Waals surface area (Å²) in [6.45, 7) is 7.34. The zero-order chi connectivity index (χ0) is 11.5. The van der Waals surface area contributed by atoms with Gasteiger partial charge >= 0.3 is 5.99 Å². The van der Waals surface area contributed by atoms with Crippen molar-refractivity contribution < 1.29 is 8.42 Å². The second kappa shape index (κ2) is 4.66.